The van der Waals surface area contributed by atoms with Gasteiger partial charge in [0.2, 0.25) is 0 Å². The van der Waals surface area contributed by atoms with Crippen molar-refractivity contribution in [1.29, 1.82) is 0 Å². The van der Waals surface area contributed by atoms with Crippen LogP contribution < -0.4 is 4.74 Å². The number of hydrogen-bond donors (Lipinski definition) is 0. The fourth-order valence-corrected chi connectivity index (χ4v) is 1.17. The zero-order valence-corrected chi connectivity index (χ0v) is 8.81. The maximum atomic E-state index is 11.0. The van der Waals surface area contributed by atoms with Crippen molar-refractivity contribution in [3.63, 3.8) is 0 Å². The first-order valence-electron chi connectivity index (χ1n) is 4.59. The first-order valence-corrected chi connectivity index (χ1v) is 4.59. The molecular formula is C13H12O3. The van der Waals surface area contributed by atoms with Crippen molar-refractivity contribution in [3.05, 3.63) is 55.3 Å². The second kappa shape index (κ2) is 5.56. The van der Waals surface area contributed by atoms with Crippen molar-refractivity contribution in [1.82, 2.24) is 0 Å². The zero-order chi connectivity index (χ0) is 12.0. The summed E-state index contributed by atoms with van der Waals surface area (Å²) in [5, 5.41) is 0. The molecule has 0 N–H and O–H groups in total. The Morgan fingerprint density at radius 2 is 1.81 bits per heavy atom. The average Bonchev–Trinajstić information content (AvgIpc) is 2.29. The van der Waals surface area contributed by atoms with Gasteiger partial charge in [0.1, 0.15) is 5.75 Å². The highest BCUT2D eigenvalue weighted by atomic mass is 16.7. The van der Waals surface area contributed by atoms with E-state index in [-0.39, 0.29) is 0 Å². The van der Waals surface area contributed by atoms with Crippen molar-refractivity contribution in [3.8, 4) is 5.75 Å². The Kier molecular flexibility index (Phi) is 4.09. The predicted molar refractivity (Wildman–Crippen MR) is 63.9 cm³/mol. The molecule has 1 aromatic rings. The van der Waals surface area contributed by atoms with Crippen molar-refractivity contribution in [2.75, 3.05) is 0 Å². The lowest BCUT2D eigenvalue weighted by Gasteiger charge is -2.05. The molecule has 0 amide bonds. The van der Waals surface area contributed by atoms with E-state index in [1.54, 1.807) is 30.4 Å². The van der Waals surface area contributed by atoms with Gasteiger partial charge in [-0.2, -0.15) is 0 Å². The highest BCUT2D eigenvalue weighted by Crippen LogP contribution is 2.20. The van der Waals surface area contributed by atoms with Gasteiger partial charge in [-0.25, -0.2) is 4.79 Å². The van der Waals surface area contributed by atoms with Crippen LogP contribution in [-0.4, -0.2) is 6.16 Å². The molecule has 0 atom stereocenters. The molecule has 0 aliphatic heterocycles. The van der Waals surface area contributed by atoms with Gasteiger partial charge in [0, 0.05) is 0 Å². The van der Waals surface area contributed by atoms with Gasteiger partial charge in [0.15, 0.2) is 0 Å². The maximum absolute atomic E-state index is 11.0. The van der Waals surface area contributed by atoms with Crippen LogP contribution in [0.2, 0.25) is 0 Å². The lowest BCUT2D eigenvalue weighted by atomic mass is 10.1. The lowest BCUT2D eigenvalue weighted by Crippen LogP contribution is -2.06. The Hall–Kier alpha value is -2.29. The molecule has 3 heteroatoms. The fourth-order valence-electron chi connectivity index (χ4n) is 1.17. The summed E-state index contributed by atoms with van der Waals surface area (Å²) in [5.74, 6) is 0.382. The third kappa shape index (κ3) is 2.85. The molecule has 0 bridgehead atoms. The van der Waals surface area contributed by atoms with E-state index >= 15 is 0 Å². The van der Waals surface area contributed by atoms with Crippen LogP contribution in [0.4, 0.5) is 4.79 Å². The van der Waals surface area contributed by atoms with E-state index in [1.165, 1.54) is 0 Å². The fraction of sp³-hybridized carbons (Fsp3) is 0. The minimum absolute atomic E-state index is 0.382. The van der Waals surface area contributed by atoms with Crippen LogP contribution in [0.3, 0.4) is 0 Å². The first kappa shape index (κ1) is 11.8. The Morgan fingerprint density at radius 3 is 2.38 bits per heavy atom. The summed E-state index contributed by atoms with van der Waals surface area (Å²) in [6.45, 7) is 10.6. The Labute approximate surface area is 94.3 Å². The molecule has 0 aromatic heterocycles. The molecule has 0 heterocycles. The molecule has 0 radical (unpaired) electrons. The Bertz CT molecular complexity index is 433. The van der Waals surface area contributed by atoms with Crippen LogP contribution in [0.25, 0.3) is 12.2 Å². The topological polar surface area (TPSA) is 35.5 Å². The molecule has 0 aliphatic rings. The third-order valence-corrected chi connectivity index (χ3v) is 1.88. The smallest absolute Gasteiger partial charge is 0.403 e. The van der Waals surface area contributed by atoms with Crippen LogP contribution in [-0.2, 0) is 4.74 Å². The van der Waals surface area contributed by atoms with E-state index in [9.17, 15) is 4.79 Å². The van der Waals surface area contributed by atoms with Crippen LogP contribution in [0.1, 0.15) is 11.1 Å². The number of carbonyl (C=O) groups is 1. The summed E-state index contributed by atoms with van der Waals surface area (Å²) in [6.07, 6.45) is 3.54. The number of carbonyl (C=O) groups excluding carboxylic acids is 1. The molecule has 0 unspecified atom stereocenters. The summed E-state index contributed by atoms with van der Waals surface area (Å²) >= 11 is 0. The van der Waals surface area contributed by atoms with Crippen molar-refractivity contribution in [2.45, 2.75) is 0 Å². The quantitative estimate of drug-likeness (QED) is 0.438. The zero-order valence-electron chi connectivity index (χ0n) is 8.81. The van der Waals surface area contributed by atoms with Gasteiger partial charge in [-0.15, -0.1) is 0 Å². The third-order valence-electron chi connectivity index (χ3n) is 1.88. The van der Waals surface area contributed by atoms with E-state index < -0.39 is 6.16 Å². The summed E-state index contributed by atoms with van der Waals surface area (Å²) < 4.78 is 9.31. The summed E-state index contributed by atoms with van der Waals surface area (Å²) in [7, 11) is 0. The van der Waals surface area contributed by atoms with Gasteiger partial charge in [-0.3, -0.25) is 0 Å². The minimum atomic E-state index is -0.823. The number of ether oxygens (including phenoxy) is 2. The molecule has 1 aromatic carbocycles. The van der Waals surface area contributed by atoms with Crippen LogP contribution in [0.5, 0.6) is 5.75 Å². The molecule has 82 valence electrons. The second-order valence-corrected chi connectivity index (χ2v) is 2.84. The largest absolute Gasteiger partial charge is 0.518 e. The Balaban J connectivity index is 2.90. The van der Waals surface area contributed by atoms with Gasteiger partial charge in [-0.05, 0) is 23.3 Å². The SMILES string of the molecule is C=COC(=O)Oc1ccc(C=C)c(C=C)c1. The van der Waals surface area contributed by atoms with Gasteiger partial charge in [0.05, 0.1) is 6.26 Å². The molecule has 1 rings (SSSR count). The molecule has 0 fully saturated rings. The molecule has 0 saturated heterocycles. The predicted octanol–water partition coefficient (Wildman–Crippen LogP) is 3.63. The molecule has 16 heavy (non-hydrogen) atoms. The summed E-state index contributed by atoms with van der Waals surface area (Å²) in [5.41, 5.74) is 1.75. The van der Waals surface area contributed by atoms with E-state index in [0.29, 0.717) is 5.75 Å². The normalized spacial score (nSPS) is 9.00. The van der Waals surface area contributed by atoms with Crippen molar-refractivity contribution in [2.24, 2.45) is 0 Å². The highest BCUT2D eigenvalue weighted by molar-refractivity contribution is 5.68. The highest BCUT2D eigenvalue weighted by Gasteiger charge is 2.05. The van der Waals surface area contributed by atoms with Gasteiger partial charge in [-0.1, -0.05) is 38.0 Å². The number of rotatable bonds is 4. The molecule has 0 aliphatic carbocycles. The molecule has 3 nitrogen and oxygen atoms in total. The Morgan fingerprint density at radius 1 is 1.12 bits per heavy atom. The minimum Gasteiger partial charge on any atom is -0.403 e. The van der Waals surface area contributed by atoms with Gasteiger partial charge < -0.3 is 9.47 Å². The standard InChI is InChI=1S/C13H12O3/c1-4-10-7-8-12(9-11(10)5-2)16-13(14)15-6-3/h4-9H,1-3H2. The molecule has 0 saturated carbocycles. The first-order chi connectivity index (χ1) is 7.71. The number of benzene rings is 1. The van der Waals surface area contributed by atoms with Crippen LogP contribution >= 0.6 is 0 Å². The van der Waals surface area contributed by atoms with Crippen LogP contribution in [0.15, 0.2) is 44.2 Å². The average molecular weight is 216 g/mol. The molecule has 0 spiro atoms. The number of hydrogen-bond acceptors (Lipinski definition) is 3. The van der Waals surface area contributed by atoms with E-state index in [1.807, 2.05) is 0 Å². The van der Waals surface area contributed by atoms with Gasteiger partial charge in [0.25, 0.3) is 0 Å². The summed E-state index contributed by atoms with van der Waals surface area (Å²) in [6, 6.07) is 5.10. The van der Waals surface area contributed by atoms with Crippen molar-refractivity contribution < 1.29 is 14.3 Å². The van der Waals surface area contributed by atoms with E-state index in [0.717, 1.165) is 17.4 Å². The maximum Gasteiger partial charge on any atom is 0.518 e. The van der Waals surface area contributed by atoms with Crippen molar-refractivity contribution >= 4 is 18.3 Å². The van der Waals surface area contributed by atoms with Crippen LogP contribution in [0, 0.1) is 0 Å². The molecular weight excluding hydrogens is 204 g/mol. The second-order valence-electron chi connectivity index (χ2n) is 2.84. The van der Waals surface area contributed by atoms with E-state index in [2.05, 4.69) is 24.5 Å². The summed E-state index contributed by atoms with van der Waals surface area (Å²) in [4.78, 5) is 11.0. The lowest BCUT2D eigenvalue weighted by molar-refractivity contribution is 0.136. The van der Waals surface area contributed by atoms with E-state index in [4.69, 9.17) is 4.74 Å². The van der Waals surface area contributed by atoms with Gasteiger partial charge >= 0.3 is 6.16 Å². The monoisotopic (exact) mass is 216 g/mol.